The van der Waals surface area contributed by atoms with Gasteiger partial charge in [-0.05, 0) is 25.3 Å². The summed E-state index contributed by atoms with van der Waals surface area (Å²) >= 11 is 0. The quantitative estimate of drug-likeness (QED) is 0.719. The van der Waals surface area contributed by atoms with Gasteiger partial charge < -0.3 is 11.1 Å². The van der Waals surface area contributed by atoms with E-state index in [0.717, 1.165) is 25.3 Å². The first-order valence-corrected chi connectivity index (χ1v) is 5.99. The predicted octanol–water partition coefficient (Wildman–Crippen LogP) is 0.770. The molecule has 1 fully saturated rings. The standard InChI is InChI=1S/C12H23N3O.ClH/c1-3-5-14-12(16)9-15-6-4-10(2)7-11(15)8-13;/h3,10-11H,1,4-9,13H2,2H3,(H,14,16);1H. The number of nitrogens with zero attached hydrogens (tertiary/aromatic N) is 1. The van der Waals surface area contributed by atoms with Crippen molar-refractivity contribution >= 4 is 18.3 Å². The Morgan fingerprint density at radius 1 is 1.65 bits per heavy atom. The number of rotatable bonds is 5. The van der Waals surface area contributed by atoms with Crippen LogP contribution in [0.2, 0.25) is 0 Å². The maximum Gasteiger partial charge on any atom is 0.234 e. The summed E-state index contributed by atoms with van der Waals surface area (Å²) in [4.78, 5) is 13.8. The Hall–Kier alpha value is -0.580. The maximum atomic E-state index is 11.6. The van der Waals surface area contributed by atoms with Crippen molar-refractivity contribution in [2.75, 3.05) is 26.2 Å². The second-order valence-corrected chi connectivity index (χ2v) is 4.58. The zero-order chi connectivity index (χ0) is 12.0. The zero-order valence-corrected chi connectivity index (χ0v) is 11.3. The van der Waals surface area contributed by atoms with Gasteiger partial charge in [-0.3, -0.25) is 9.69 Å². The highest BCUT2D eigenvalue weighted by Gasteiger charge is 2.26. The van der Waals surface area contributed by atoms with Crippen LogP contribution in [0.4, 0.5) is 0 Å². The molecular weight excluding hydrogens is 238 g/mol. The summed E-state index contributed by atoms with van der Waals surface area (Å²) in [7, 11) is 0. The first-order chi connectivity index (χ1) is 7.67. The normalized spacial score (nSPS) is 24.8. The lowest BCUT2D eigenvalue weighted by molar-refractivity contribution is -0.123. The molecule has 4 nitrogen and oxygen atoms in total. The van der Waals surface area contributed by atoms with Crippen molar-refractivity contribution in [3.05, 3.63) is 12.7 Å². The molecule has 0 aromatic carbocycles. The van der Waals surface area contributed by atoms with E-state index in [1.54, 1.807) is 6.08 Å². The van der Waals surface area contributed by atoms with Gasteiger partial charge >= 0.3 is 0 Å². The number of hydrogen-bond acceptors (Lipinski definition) is 3. The fraction of sp³-hybridized carbons (Fsp3) is 0.750. The molecule has 100 valence electrons. The van der Waals surface area contributed by atoms with Crippen molar-refractivity contribution in [3.8, 4) is 0 Å². The summed E-state index contributed by atoms with van der Waals surface area (Å²) in [5.74, 6) is 0.786. The second-order valence-electron chi connectivity index (χ2n) is 4.58. The van der Waals surface area contributed by atoms with Crippen molar-refractivity contribution in [1.82, 2.24) is 10.2 Å². The zero-order valence-electron chi connectivity index (χ0n) is 10.5. The lowest BCUT2D eigenvalue weighted by atomic mass is 9.92. The average Bonchev–Trinajstić information content (AvgIpc) is 2.28. The number of nitrogens with one attached hydrogen (secondary N) is 1. The first kappa shape index (κ1) is 16.4. The van der Waals surface area contributed by atoms with Crippen LogP contribution in [0.1, 0.15) is 19.8 Å². The van der Waals surface area contributed by atoms with Crippen molar-refractivity contribution in [2.45, 2.75) is 25.8 Å². The minimum atomic E-state index is 0. The van der Waals surface area contributed by atoms with Gasteiger partial charge in [-0.25, -0.2) is 0 Å². The number of carbonyl (C=O) groups is 1. The summed E-state index contributed by atoms with van der Waals surface area (Å²) in [6, 6.07) is 0.359. The Labute approximate surface area is 110 Å². The van der Waals surface area contributed by atoms with E-state index in [1.165, 1.54) is 0 Å². The van der Waals surface area contributed by atoms with E-state index in [9.17, 15) is 4.79 Å². The molecule has 2 atom stereocenters. The second kappa shape index (κ2) is 8.50. The van der Waals surface area contributed by atoms with Crippen LogP contribution in [0.15, 0.2) is 12.7 Å². The number of carbonyl (C=O) groups excluding carboxylic acids is 1. The summed E-state index contributed by atoms with van der Waals surface area (Å²) in [5.41, 5.74) is 5.74. The van der Waals surface area contributed by atoms with E-state index in [2.05, 4.69) is 23.7 Å². The van der Waals surface area contributed by atoms with E-state index < -0.39 is 0 Å². The third-order valence-corrected chi connectivity index (χ3v) is 3.16. The van der Waals surface area contributed by atoms with Crippen LogP contribution in [-0.4, -0.2) is 43.0 Å². The van der Waals surface area contributed by atoms with E-state index in [1.807, 2.05) is 0 Å². The number of nitrogens with two attached hydrogens (primary N) is 1. The van der Waals surface area contributed by atoms with Crippen LogP contribution in [-0.2, 0) is 4.79 Å². The highest BCUT2D eigenvalue weighted by molar-refractivity contribution is 5.85. The van der Waals surface area contributed by atoms with Gasteiger partial charge in [0, 0.05) is 19.1 Å². The minimum absolute atomic E-state index is 0. The van der Waals surface area contributed by atoms with Gasteiger partial charge in [0.1, 0.15) is 0 Å². The molecule has 0 aromatic heterocycles. The number of halogens is 1. The van der Waals surface area contributed by atoms with Crippen LogP contribution in [0.5, 0.6) is 0 Å². The fourth-order valence-corrected chi connectivity index (χ4v) is 2.18. The van der Waals surface area contributed by atoms with Gasteiger partial charge in [-0.1, -0.05) is 13.0 Å². The molecule has 17 heavy (non-hydrogen) atoms. The van der Waals surface area contributed by atoms with E-state index in [-0.39, 0.29) is 18.3 Å². The van der Waals surface area contributed by atoms with Crippen LogP contribution in [0, 0.1) is 5.92 Å². The van der Waals surface area contributed by atoms with Crippen molar-refractivity contribution in [1.29, 1.82) is 0 Å². The van der Waals surface area contributed by atoms with Gasteiger partial charge in [-0.2, -0.15) is 0 Å². The number of hydrogen-bond donors (Lipinski definition) is 2. The van der Waals surface area contributed by atoms with Gasteiger partial charge in [0.2, 0.25) is 5.91 Å². The number of piperidine rings is 1. The van der Waals surface area contributed by atoms with Gasteiger partial charge in [0.25, 0.3) is 0 Å². The molecule has 1 aliphatic heterocycles. The minimum Gasteiger partial charge on any atom is -0.352 e. The molecule has 0 bridgehead atoms. The smallest absolute Gasteiger partial charge is 0.234 e. The summed E-state index contributed by atoms with van der Waals surface area (Å²) in [6.45, 7) is 8.43. The summed E-state index contributed by atoms with van der Waals surface area (Å²) in [5, 5.41) is 2.80. The Morgan fingerprint density at radius 3 is 2.94 bits per heavy atom. The molecule has 0 aliphatic carbocycles. The lowest BCUT2D eigenvalue weighted by Crippen LogP contribution is -2.50. The highest BCUT2D eigenvalue weighted by Crippen LogP contribution is 2.21. The molecule has 3 N–H and O–H groups in total. The molecule has 1 rings (SSSR count). The Morgan fingerprint density at radius 2 is 2.35 bits per heavy atom. The van der Waals surface area contributed by atoms with E-state index in [4.69, 9.17) is 5.73 Å². The number of amides is 1. The Balaban J connectivity index is 0.00000256. The first-order valence-electron chi connectivity index (χ1n) is 5.99. The van der Waals surface area contributed by atoms with Crippen LogP contribution >= 0.6 is 12.4 Å². The molecule has 5 heteroatoms. The molecule has 0 saturated carbocycles. The molecule has 1 saturated heterocycles. The summed E-state index contributed by atoms with van der Waals surface area (Å²) < 4.78 is 0. The van der Waals surface area contributed by atoms with Crippen molar-refractivity contribution in [3.63, 3.8) is 0 Å². The van der Waals surface area contributed by atoms with Gasteiger partial charge in [-0.15, -0.1) is 19.0 Å². The molecule has 1 heterocycles. The van der Waals surface area contributed by atoms with Crippen molar-refractivity contribution in [2.24, 2.45) is 11.7 Å². The molecule has 1 amide bonds. The van der Waals surface area contributed by atoms with Crippen LogP contribution in [0.25, 0.3) is 0 Å². The van der Waals surface area contributed by atoms with Crippen molar-refractivity contribution < 1.29 is 4.79 Å². The SMILES string of the molecule is C=CCNC(=O)CN1CCC(C)CC1CN.Cl. The molecule has 2 unspecified atom stereocenters. The Kier molecular flexibility index (Phi) is 8.21. The monoisotopic (exact) mass is 261 g/mol. The van der Waals surface area contributed by atoms with Gasteiger partial charge in [0.15, 0.2) is 0 Å². The van der Waals surface area contributed by atoms with E-state index in [0.29, 0.717) is 25.7 Å². The molecular formula is C12H24ClN3O. The summed E-state index contributed by atoms with van der Waals surface area (Å²) in [6.07, 6.45) is 3.95. The molecule has 0 spiro atoms. The third-order valence-electron chi connectivity index (χ3n) is 3.16. The fourth-order valence-electron chi connectivity index (χ4n) is 2.18. The molecule has 1 aliphatic rings. The average molecular weight is 262 g/mol. The van der Waals surface area contributed by atoms with Crippen LogP contribution < -0.4 is 11.1 Å². The number of likely N-dealkylation sites (tertiary alicyclic amines) is 1. The third kappa shape index (κ3) is 5.52. The van der Waals surface area contributed by atoms with Crippen LogP contribution in [0.3, 0.4) is 0 Å². The topological polar surface area (TPSA) is 58.4 Å². The molecule has 0 aromatic rings. The highest BCUT2D eigenvalue weighted by atomic mass is 35.5. The largest absolute Gasteiger partial charge is 0.352 e. The maximum absolute atomic E-state index is 11.6. The van der Waals surface area contributed by atoms with Gasteiger partial charge in [0.05, 0.1) is 6.54 Å². The predicted molar refractivity (Wildman–Crippen MR) is 73.3 cm³/mol. The lowest BCUT2D eigenvalue weighted by Gasteiger charge is -2.37. The Bertz CT molecular complexity index is 248. The van der Waals surface area contributed by atoms with E-state index >= 15 is 0 Å². The molecule has 0 radical (unpaired) electrons.